The minimum absolute atomic E-state index is 0.00358. The van der Waals surface area contributed by atoms with E-state index in [0.717, 1.165) is 12.5 Å². The molecular formula is C87H137NO42. The number of amides is 1. The fourth-order valence-electron chi connectivity index (χ4n) is 23.3. The standard InChI is InChI=1S/C87H137NO42/c1-13-83(9,112)22-14-16-35(2)71(110)124-64-40(94)31-116-75(62(64)108)127-68-45(33-113-37(4)92)122-79(69(60(68)106)129-76-63(109)66(42(96)32-117-76)126-77-58(104)54(100)44(28-90)120-77)130-80(111)87-23-15-21-81(5,6)70(87)38-17-18-48-84(10)24-20-50(82(7,8)47(84)19-25-85(48,11)86(38,12)26-49(87)97)123-72-51(88-36(3)91)55(101)67(128-78-59(105)56(102)53(99)43(27-89)119-78)46(121-72)34-118-73-61(107)65(41(95)30-114-73)125-74-57(103)52(98)39(93)29-115-74/h13,16-17,39-70,72-79,89-90,93-109,112H,1,14-15,18-34H2,2-12H3,(H,88,91). The third kappa shape index (κ3) is 19.8. The summed E-state index contributed by atoms with van der Waals surface area (Å²) in [5, 5.41) is 228. The van der Waals surface area contributed by atoms with Gasteiger partial charge in [-0.05, 0) is 117 Å². The second-order valence-electron chi connectivity index (χ2n) is 39.9. The Balaban J connectivity index is 0.773. The Kier molecular flexibility index (Phi) is 32.2. The molecule has 130 heavy (non-hydrogen) atoms. The van der Waals surface area contributed by atoms with Crippen LogP contribution in [0.5, 0.6) is 0 Å². The molecule has 8 heterocycles. The zero-order valence-corrected chi connectivity index (χ0v) is 74.9. The number of ether oxygens (including phenoxy) is 18. The normalized spacial score (nSPS) is 48.9. The van der Waals surface area contributed by atoms with E-state index in [9.17, 15) is 117 Å². The molecule has 0 aromatic heterocycles. The van der Waals surface area contributed by atoms with Crippen molar-refractivity contribution >= 4 is 23.8 Å². The first-order chi connectivity index (χ1) is 61.0. The Labute approximate surface area is 751 Å². The van der Waals surface area contributed by atoms with E-state index in [1.54, 1.807) is 0 Å². The minimum Gasteiger partial charge on any atom is -0.463 e. The molecule has 13 aliphatic rings. The number of rotatable bonds is 28. The summed E-state index contributed by atoms with van der Waals surface area (Å²) in [6, 6.07) is -1.49. The molecule has 4 saturated carbocycles. The summed E-state index contributed by atoms with van der Waals surface area (Å²) in [5.74, 6) is -4.62. The molecule has 21 N–H and O–H groups in total. The van der Waals surface area contributed by atoms with Crippen LogP contribution >= 0.6 is 0 Å². The Bertz CT molecular complexity index is 3930. The molecular weight excluding hydrogens is 1730 g/mol. The van der Waals surface area contributed by atoms with Gasteiger partial charge in [-0.15, -0.1) is 6.58 Å². The van der Waals surface area contributed by atoms with Gasteiger partial charge in [0.2, 0.25) is 12.2 Å². The Morgan fingerprint density at radius 1 is 0.515 bits per heavy atom. The number of carbonyl (C=O) groups excluding carboxylic acids is 4. The molecule has 8 aliphatic heterocycles. The first-order valence-corrected chi connectivity index (χ1v) is 45.0. The predicted octanol–water partition coefficient (Wildman–Crippen LogP) is -5.64. The van der Waals surface area contributed by atoms with Gasteiger partial charge in [0.15, 0.2) is 56.2 Å². The van der Waals surface area contributed by atoms with Crippen LogP contribution in [0.2, 0.25) is 0 Å². The lowest BCUT2D eigenvalue weighted by atomic mass is 9.32. The summed E-state index contributed by atoms with van der Waals surface area (Å²) in [6.45, 7) is 18.1. The number of aliphatic hydroxyl groups excluding tert-OH is 19. The number of carbonyl (C=O) groups is 4. The molecule has 8 saturated heterocycles. The highest BCUT2D eigenvalue weighted by atomic mass is 16.8. The summed E-state index contributed by atoms with van der Waals surface area (Å²) >= 11 is 0. The van der Waals surface area contributed by atoms with Crippen LogP contribution in [-0.4, -0.2) is 412 Å². The van der Waals surface area contributed by atoms with Gasteiger partial charge in [0.05, 0.1) is 64.1 Å². The van der Waals surface area contributed by atoms with Gasteiger partial charge in [0.25, 0.3) is 0 Å². The largest absolute Gasteiger partial charge is 0.463 e. The number of hydrogen-bond donors (Lipinski definition) is 21. The molecule has 5 aliphatic carbocycles. The molecule has 0 bridgehead atoms. The van der Waals surface area contributed by atoms with Crippen LogP contribution in [0.15, 0.2) is 36.0 Å². The number of esters is 3. The monoisotopic (exact) mass is 1870 g/mol. The van der Waals surface area contributed by atoms with E-state index in [0.29, 0.717) is 44.9 Å². The second kappa shape index (κ2) is 40.6. The molecule has 0 aromatic rings. The van der Waals surface area contributed by atoms with Gasteiger partial charge in [-0.3, -0.25) is 14.4 Å². The fourth-order valence-corrected chi connectivity index (χ4v) is 23.3. The highest BCUT2D eigenvalue weighted by molar-refractivity contribution is 5.88. The van der Waals surface area contributed by atoms with Crippen LogP contribution in [0.4, 0.5) is 0 Å². The van der Waals surface area contributed by atoms with Crippen molar-refractivity contribution in [1.29, 1.82) is 0 Å². The maximum Gasteiger partial charge on any atom is 0.333 e. The summed E-state index contributed by atoms with van der Waals surface area (Å²) in [7, 11) is 0. The summed E-state index contributed by atoms with van der Waals surface area (Å²) < 4.78 is 109. The molecule has 1 amide bonds. The third-order valence-corrected chi connectivity index (χ3v) is 30.8. The Morgan fingerprint density at radius 3 is 1.63 bits per heavy atom. The lowest BCUT2D eigenvalue weighted by Gasteiger charge is -2.72. The van der Waals surface area contributed by atoms with Crippen molar-refractivity contribution in [2.75, 3.05) is 52.9 Å². The van der Waals surface area contributed by atoms with Crippen LogP contribution in [0.1, 0.15) is 147 Å². The van der Waals surface area contributed by atoms with Gasteiger partial charge in [-0.1, -0.05) is 78.7 Å². The molecule has 0 radical (unpaired) electrons. The van der Waals surface area contributed by atoms with E-state index in [1.807, 2.05) is 13.8 Å². The van der Waals surface area contributed by atoms with Crippen LogP contribution in [-0.2, 0) is 104 Å². The van der Waals surface area contributed by atoms with Gasteiger partial charge in [-0.2, -0.15) is 0 Å². The molecule has 13 rings (SSSR count). The van der Waals surface area contributed by atoms with Crippen molar-refractivity contribution < 1.29 is 207 Å². The Hall–Kier alpha value is -4.30. The molecule has 43 heteroatoms. The van der Waals surface area contributed by atoms with E-state index in [4.69, 9.17) is 85.3 Å². The zero-order valence-electron chi connectivity index (χ0n) is 74.9. The molecule has 742 valence electrons. The summed E-state index contributed by atoms with van der Waals surface area (Å²) in [4.78, 5) is 56.3. The molecule has 45 atom stereocenters. The number of allylic oxidation sites excluding steroid dienone is 3. The average molecular weight is 1870 g/mol. The maximum absolute atomic E-state index is 16.5. The summed E-state index contributed by atoms with van der Waals surface area (Å²) in [6.07, 6.45) is -54.5. The van der Waals surface area contributed by atoms with Crippen LogP contribution in [0.25, 0.3) is 0 Å². The minimum atomic E-state index is -2.21. The quantitative estimate of drug-likeness (QED) is 0.0114. The smallest absolute Gasteiger partial charge is 0.333 e. The van der Waals surface area contributed by atoms with E-state index < -0.39 is 348 Å². The van der Waals surface area contributed by atoms with E-state index in [-0.39, 0.29) is 43.1 Å². The van der Waals surface area contributed by atoms with Gasteiger partial charge in [0.1, 0.15) is 165 Å². The van der Waals surface area contributed by atoms with Crippen molar-refractivity contribution in [3.05, 3.63) is 36.0 Å². The first kappa shape index (κ1) is 103. The van der Waals surface area contributed by atoms with Crippen molar-refractivity contribution in [2.45, 2.75) is 380 Å². The number of fused-ring (bicyclic) bond motifs is 7. The van der Waals surface area contributed by atoms with Gasteiger partial charge in [0, 0.05) is 25.3 Å². The molecule has 43 nitrogen and oxygen atoms in total. The predicted molar refractivity (Wildman–Crippen MR) is 434 cm³/mol. The topological polar surface area (TPSA) is 651 Å². The van der Waals surface area contributed by atoms with E-state index in [1.165, 1.54) is 32.9 Å². The van der Waals surface area contributed by atoms with Crippen molar-refractivity contribution in [2.24, 2.45) is 50.2 Å². The first-order valence-electron chi connectivity index (χ1n) is 45.0. The van der Waals surface area contributed by atoms with Crippen molar-refractivity contribution in [3.8, 4) is 0 Å². The van der Waals surface area contributed by atoms with E-state index >= 15 is 4.79 Å². The number of aliphatic hydroxyl groups is 20. The van der Waals surface area contributed by atoms with Gasteiger partial charge in [-0.25, -0.2) is 4.79 Å². The highest BCUT2D eigenvalue weighted by Gasteiger charge is 2.74. The van der Waals surface area contributed by atoms with E-state index in [2.05, 4.69) is 52.6 Å². The van der Waals surface area contributed by atoms with Crippen LogP contribution in [0, 0.1) is 50.2 Å². The second-order valence-corrected chi connectivity index (χ2v) is 39.9. The number of hydrogen-bond acceptors (Lipinski definition) is 42. The average Bonchev–Trinajstić information content (AvgIpc) is 0.698. The Morgan fingerprint density at radius 2 is 1.02 bits per heavy atom. The van der Waals surface area contributed by atoms with Crippen molar-refractivity contribution in [3.63, 3.8) is 0 Å². The third-order valence-electron chi connectivity index (χ3n) is 30.8. The summed E-state index contributed by atoms with van der Waals surface area (Å²) in [5.41, 5.74) is -5.78. The van der Waals surface area contributed by atoms with Crippen LogP contribution in [0.3, 0.4) is 0 Å². The number of nitrogens with one attached hydrogen (secondary N) is 1. The van der Waals surface area contributed by atoms with Gasteiger partial charge < -0.3 is 193 Å². The van der Waals surface area contributed by atoms with Crippen LogP contribution < -0.4 is 5.32 Å². The lowest BCUT2D eigenvalue weighted by Crippen LogP contribution is -2.70. The maximum atomic E-state index is 16.5. The van der Waals surface area contributed by atoms with Crippen molar-refractivity contribution in [1.82, 2.24) is 5.32 Å². The molecule has 0 spiro atoms. The van der Waals surface area contributed by atoms with Gasteiger partial charge >= 0.3 is 17.9 Å². The zero-order chi connectivity index (χ0) is 95.0. The SMILES string of the molecule is C=CC(C)(O)CCC=C(C)C(=O)OC1C(O)COC(OC2C(COC(C)=O)OC(OC(=O)C34CCCC(C)(C)C3C3=CCC5C6(C)CCC(OC7OC(COC8OCC(O)C(OC9OCC(O)C(O)C9O)C8O)C(OC8OC(CO)C(O)C(O)C8O)C(O)C7NC(C)=O)C(C)(C)C6CCC5(C)C3(C)CC4O)C(OC3OCC(O)C(OC4OC(CO)C(O)C4O)C3O)C2O)C1O. The molecule has 12 fully saturated rings. The highest BCUT2D eigenvalue weighted by Crippen LogP contribution is 2.77. The fraction of sp³-hybridized carbons (Fsp3) is 0.885. The molecule has 0 aromatic carbocycles. The lowest BCUT2D eigenvalue weighted by molar-refractivity contribution is -0.377. The molecule has 45 unspecified atom stereocenters.